The smallest absolute Gasteiger partial charge is 0.321 e. The molecule has 2 aromatic rings. The molecule has 2 fully saturated rings. The number of imidazole rings is 1. The molecule has 2 saturated heterocycles. The van der Waals surface area contributed by atoms with Crippen LogP contribution in [0.2, 0.25) is 0 Å². The molecule has 0 aromatic carbocycles. The molecule has 2 aliphatic heterocycles. The summed E-state index contributed by atoms with van der Waals surface area (Å²) < 4.78 is 24.8. The third-order valence-electron chi connectivity index (χ3n) is 5.83. The predicted molar refractivity (Wildman–Crippen MR) is 126 cm³/mol. The molecule has 4 atom stereocenters. The molecule has 15 heteroatoms. The van der Waals surface area contributed by atoms with Crippen molar-refractivity contribution in [2.24, 2.45) is 0 Å². The standard InChI is InChI=1S/C22H30N6O9/c1-4-5-8-23-21(33)27-20-25-17-14(18(32)26-20)24-10-28(17)19-16-15(36-22(2,3)37-16)11(35-19)9-34-13(31)7-6-12(29)30/h10-11,15-16,19H,4-9H2,1-3H3,(H,29,30)(H3,23,25,26,27,32,33)/t11-,15-,16-,19-/m1/s1. The van der Waals surface area contributed by atoms with E-state index in [-0.39, 0.29) is 36.6 Å². The molecule has 0 bridgehead atoms. The van der Waals surface area contributed by atoms with Crippen molar-refractivity contribution in [1.29, 1.82) is 0 Å². The molecule has 2 amide bonds. The number of aromatic nitrogens is 4. The van der Waals surface area contributed by atoms with Crippen molar-refractivity contribution in [3.05, 3.63) is 16.7 Å². The van der Waals surface area contributed by atoms with Crippen LogP contribution in [-0.2, 0) is 28.5 Å². The van der Waals surface area contributed by atoms with Gasteiger partial charge in [-0.05, 0) is 20.3 Å². The van der Waals surface area contributed by atoms with Crippen molar-refractivity contribution >= 4 is 35.1 Å². The van der Waals surface area contributed by atoms with Gasteiger partial charge in [0.05, 0.1) is 19.2 Å². The van der Waals surface area contributed by atoms with Gasteiger partial charge in [0.25, 0.3) is 5.56 Å². The number of anilines is 1. The lowest BCUT2D eigenvalue weighted by molar-refractivity contribution is -0.202. The second-order valence-corrected chi connectivity index (χ2v) is 9.18. The highest BCUT2D eigenvalue weighted by Crippen LogP contribution is 2.43. The second kappa shape index (κ2) is 10.8. The zero-order chi connectivity index (χ0) is 26.7. The van der Waals surface area contributed by atoms with Gasteiger partial charge >= 0.3 is 18.0 Å². The molecule has 2 aromatic heterocycles. The molecule has 4 heterocycles. The Labute approximate surface area is 210 Å². The largest absolute Gasteiger partial charge is 0.481 e. The summed E-state index contributed by atoms with van der Waals surface area (Å²) in [5.41, 5.74) is -0.391. The van der Waals surface area contributed by atoms with Crippen LogP contribution in [0, 0.1) is 0 Å². The number of unbranched alkanes of at least 4 members (excludes halogenated alkanes) is 1. The topological polar surface area (TPSA) is 196 Å². The Kier molecular flexibility index (Phi) is 7.75. The van der Waals surface area contributed by atoms with Crippen LogP contribution in [0.25, 0.3) is 11.2 Å². The van der Waals surface area contributed by atoms with Gasteiger partial charge in [-0.25, -0.2) is 9.78 Å². The normalized spacial score (nSPS) is 24.1. The summed E-state index contributed by atoms with van der Waals surface area (Å²) in [6, 6.07) is -0.516. The maximum absolute atomic E-state index is 12.6. The highest BCUT2D eigenvalue weighted by Gasteiger charge is 2.56. The number of fused-ring (bicyclic) bond motifs is 2. The number of hydrogen-bond acceptors (Lipinski definition) is 10. The Morgan fingerprint density at radius 1 is 1.24 bits per heavy atom. The van der Waals surface area contributed by atoms with Crippen molar-refractivity contribution < 1.29 is 38.4 Å². The molecule has 0 unspecified atom stereocenters. The van der Waals surface area contributed by atoms with Gasteiger partial charge in [0.1, 0.15) is 24.9 Å². The lowest BCUT2D eigenvalue weighted by Crippen LogP contribution is -2.33. The van der Waals surface area contributed by atoms with Gasteiger partial charge in [0.2, 0.25) is 5.95 Å². The minimum atomic E-state index is -1.11. The number of hydrogen-bond donors (Lipinski definition) is 4. The van der Waals surface area contributed by atoms with Crippen LogP contribution in [0.1, 0.15) is 52.7 Å². The number of nitrogens with one attached hydrogen (secondary N) is 3. The Balaban J connectivity index is 1.55. The van der Waals surface area contributed by atoms with Crippen LogP contribution < -0.4 is 16.2 Å². The summed E-state index contributed by atoms with van der Waals surface area (Å²) in [7, 11) is 0. The number of aliphatic carboxylic acids is 1. The molecule has 0 saturated carbocycles. The highest BCUT2D eigenvalue weighted by molar-refractivity contribution is 5.88. The SMILES string of the molecule is CCCCNC(=O)Nc1nc2c(ncn2[C@@H]2O[C@H](COC(=O)CCC(=O)O)[C@H]3OC(C)(C)O[C@H]32)c(=O)[nH]1. The first-order chi connectivity index (χ1) is 17.6. The van der Waals surface area contributed by atoms with E-state index in [4.69, 9.17) is 24.1 Å². The van der Waals surface area contributed by atoms with Gasteiger partial charge < -0.3 is 29.4 Å². The Morgan fingerprint density at radius 3 is 2.73 bits per heavy atom. The molecule has 2 aliphatic rings. The van der Waals surface area contributed by atoms with E-state index in [0.717, 1.165) is 12.8 Å². The zero-order valence-corrected chi connectivity index (χ0v) is 20.7. The van der Waals surface area contributed by atoms with E-state index in [0.29, 0.717) is 6.54 Å². The van der Waals surface area contributed by atoms with Gasteiger partial charge in [0, 0.05) is 6.54 Å². The lowest BCUT2D eigenvalue weighted by Gasteiger charge is -2.24. The third kappa shape index (κ3) is 6.06. The number of amides is 2. The van der Waals surface area contributed by atoms with Crippen molar-refractivity contribution in [2.75, 3.05) is 18.5 Å². The number of ether oxygens (including phenoxy) is 4. The average molecular weight is 523 g/mol. The molecule has 202 valence electrons. The minimum absolute atomic E-state index is 0.0267. The van der Waals surface area contributed by atoms with E-state index in [1.54, 1.807) is 13.8 Å². The fraction of sp³-hybridized carbons (Fsp3) is 0.636. The zero-order valence-electron chi connectivity index (χ0n) is 20.7. The Bertz CT molecular complexity index is 1220. The number of esters is 1. The number of carboxylic acids is 1. The summed E-state index contributed by atoms with van der Waals surface area (Å²) in [6.07, 6.45) is -0.418. The third-order valence-corrected chi connectivity index (χ3v) is 5.83. The van der Waals surface area contributed by atoms with Gasteiger partial charge in [0.15, 0.2) is 23.2 Å². The van der Waals surface area contributed by atoms with E-state index in [9.17, 15) is 19.2 Å². The van der Waals surface area contributed by atoms with Crippen LogP contribution in [-0.4, -0.2) is 79.8 Å². The number of rotatable bonds is 10. The van der Waals surface area contributed by atoms with Crippen molar-refractivity contribution in [1.82, 2.24) is 24.8 Å². The molecule has 0 radical (unpaired) electrons. The molecule has 0 spiro atoms. The quantitative estimate of drug-likeness (QED) is 0.255. The van der Waals surface area contributed by atoms with Gasteiger partial charge in [-0.3, -0.25) is 29.3 Å². The molecule has 4 N–H and O–H groups in total. The number of carboxylic acid groups (broad SMARTS) is 1. The van der Waals surface area contributed by atoms with Gasteiger partial charge in [-0.2, -0.15) is 4.98 Å². The summed E-state index contributed by atoms with van der Waals surface area (Å²) >= 11 is 0. The number of nitrogens with zero attached hydrogens (tertiary/aromatic N) is 3. The minimum Gasteiger partial charge on any atom is -0.481 e. The summed E-state index contributed by atoms with van der Waals surface area (Å²) in [5.74, 6) is -2.83. The van der Waals surface area contributed by atoms with E-state index in [2.05, 4.69) is 25.6 Å². The van der Waals surface area contributed by atoms with Crippen LogP contribution >= 0.6 is 0 Å². The number of aromatic amines is 1. The number of carbonyl (C=O) groups is 3. The number of carbonyl (C=O) groups excluding carboxylic acids is 2. The fourth-order valence-corrected chi connectivity index (χ4v) is 4.18. The van der Waals surface area contributed by atoms with Crippen LogP contribution in [0.3, 0.4) is 0 Å². The summed E-state index contributed by atoms with van der Waals surface area (Å²) in [6.45, 7) is 5.73. The number of urea groups is 1. The van der Waals surface area contributed by atoms with E-state index in [1.807, 2.05) is 6.92 Å². The van der Waals surface area contributed by atoms with Gasteiger partial charge in [-0.15, -0.1) is 0 Å². The van der Waals surface area contributed by atoms with E-state index in [1.165, 1.54) is 10.9 Å². The van der Waals surface area contributed by atoms with Gasteiger partial charge in [-0.1, -0.05) is 13.3 Å². The monoisotopic (exact) mass is 522 g/mol. The maximum Gasteiger partial charge on any atom is 0.321 e. The van der Waals surface area contributed by atoms with Crippen LogP contribution in [0.4, 0.5) is 10.7 Å². The first-order valence-electron chi connectivity index (χ1n) is 12.0. The Hall–Kier alpha value is -3.56. The van der Waals surface area contributed by atoms with Crippen molar-refractivity contribution in [2.45, 2.75) is 76.8 Å². The van der Waals surface area contributed by atoms with Crippen LogP contribution in [0.15, 0.2) is 11.1 Å². The molecule has 37 heavy (non-hydrogen) atoms. The Morgan fingerprint density at radius 2 is 2.00 bits per heavy atom. The van der Waals surface area contributed by atoms with Crippen molar-refractivity contribution in [3.8, 4) is 0 Å². The summed E-state index contributed by atoms with van der Waals surface area (Å²) in [4.78, 5) is 58.4. The van der Waals surface area contributed by atoms with Crippen molar-refractivity contribution in [3.63, 3.8) is 0 Å². The van der Waals surface area contributed by atoms with E-state index >= 15 is 0 Å². The molecular formula is C22H30N6O9. The molecule has 0 aliphatic carbocycles. The summed E-state index contributed by atoms with van der Waals surface area (Å²) in [5, 5.41) is 13.9. The highest BCUT2D eigenvalue weighted by atomic mass is 16.8. The first kappa shape index (κ1) is 26.5. The molecular weight excluding hydrogens is 492 g/mol. The molecule has 4 rings (SSSR count). The van der Waals surface area contributed by atoms with E-state index < -0.39 is 53.9 Å². The predicted octanol–water partition coefficient (Wildman–Crippen LogP) is 0.867. The second-order valence-electron chi connectivity index (χ2n) is 9.18. The number of H-pyrrole nitrogens is 1. The van der Waals surface area contributed by atoms with Crippen LogP contribution in [0.5, 0.6) is 0 Å². The first-order valence-corrected chi connectivity index (χ1v) is 12.0. The maximum atomic E-state index is 12.6. The lowest BCUT2D eigenvalue weighted by atomic mass is 10.1. The average Bonchev–Trinajstić information content (AvgIpc) is 3.47. The fourth-order valence-electron chi connectivity index (χ4n) is 4.18. The molecule has 15 nitrogen and oxygen atoms in total.